The molecule has 0 aromatic carbocycles. The monoisotopic (exact) mass is 339 g/mol. The number of halogens is 1. The molecule has 0 bridgehead atoms. The van der Waals surface area contributed by atoms with E-state index in [2.05, 4.69) is 22.6 Å². The summed E-state index contributed by atoms with van der Waals surface area (Å²) in [4.78, 5) is 17.1. The molecule has 0 fully saturated rings. The molecule has 110 valence electrons. The fraction of sp³-hybridized carbons (Fsp3) is 0.357. The van der Waals surface area contributed by atoms with Crippen molar-refractivity contribution in [1.29, 1.82) is 0 Å². The minimum Gasteiger partial charge on any atom is -0.352 e. The first kappa shape index (κ1) is 13.6. The topological polar surface area (TPSA) is 44.4 Å². The molecule has 0 radical (unpaired) electrons. The summed E-state index contributed by atoms with van der Waals surface area (Å²) < 4.78 is 0.735. The quantitative estimate of drug-likeness (QED) is 0.837. The van der Waals surface area contributed by atoms with Crippen molar-refractivity contribution in [2.75, 3.05) is 18.9 Å². The number of fused-ring (bicyclic) bond motifs is 3. The first-order valence-electron chi connectivity index (χ1n) is 6.77. The van der Waals surface area contributed by atoms with Crippen LogP contribution < -0.4 is 10.6 Å². The van der Waals surface area contributed by atoms with Gasteiger partial charge in [0.05, 0.1) is 9.90 Å². The van der Waals surface area contributed by atoms with Crippen molar-refractivity contribution in [3.8, 4) is 0 Å². The first-order chi connectivity index (χ1) is 10.1. The van der Waals surface area contributed by atoms with Crippen LogP contribution in [-0.2, 0) is 13.0 Å². The molecule has 4 nitrogen and oxygen atoms in total. The molecule has 0 saturated heterocycles. The normalized spacial score (nSPS) is 21.4. The molecule has 2 aliphatic heterocycles. The van der Waals surface area contributed by atoms with Crippen LogP contribution in [-0.4, -0.2) is 24.4 Å². The summed E-state index contributed by atoms with van der Waals surface area (Å²) in [6.07, 6.45) is 0.766. The van der Waals surface area contributed by atoms with Crippen LogP contribution in [0.2, 0.25) is 4.34 Å². The number of hydrogen-bond acceptors (Lipinski definition) is 5. The standard InChI is InChI=1S/C14H14ClN3OS2/c1-18-5-4-7-9(6-18)21-14-11(7)13(19)16-12(17-14)8-2-3-10(15)20-8/h2-3,12,17H,4-6H2,1H3,(H,16,19)/t12-/m0/s1. The van der Waals surface area contributed by atoms with E-state index >= 15 is 0 Å². The van der Waals surface area contributed by atoms with Crippen molar-refractivity contribution in [2.24, 2.45) is 0 Å². The highest BCUT2D eigenvalue weighted by molar-refractivity contribution is 7.17. The molecule has 2 N–H and O–H groups in total. The summed E-state index contributed by atoms with van der Waals surface area (Å²) in [6.45, 7) is 1.94. The highest BCUT2D eigenvalue weighted by atomic mass is 35.5. The zero-order valence-corrected chi connectivity index (χ0v) is 13.8. The van der Waals surface area contributed by atoms with Crippen LogP contribution in [0.15, 0.2) is 12.1 Å². The lowest BCUT2D eigenvalue weighted by Crippen LogP contribution is -2.38. The van der Waals surface area contributed by atoms with Gasteiger partial charge in [-0.1, -0.05) is 11.6 Å². The molecule has 0 spiro atoms. The molecular weight excluding hydrogens is 326 g/mol. The third-order valence-electron chi connectivity index (χ3n) is 3.90. The molecular formula is C14H14ClN3OS2. The Morgan fingerprint density at radius 1 is 1.33 bits per heavy atom. The maximum atomic E-state index is 12.5. The van der Waals surface area contributed by atoms with Gasteiger partial charge in [-0.25, -0.2) is 0 Å². The Kier molecular flexibility index (Phi) is 3.22. The molecule has 2 aromatic rings. The van der Waals surface area contributed by atoms with E-state index in [1.165, 1.54) is 21.8 Å². The first-order valence-corrected chi connectivity index (χ1v) is 8.78. The molecule has 21 heavy (non-hydrogen) atoms. The summed E-state index contributed by atoms with van der Waals surface area (Å²) in [6, 6.07) is 3.82. The smallest absolute Gasteiger partial charge is 0.256 e. The van der Waals surface area contributed by atoms with Gasteiger partial charge in [-0.05, 0) is 31.2 Å². The number of hydrogen-bond donors (Lipinski definition) is 2. The van der Waals surface area contributed by atoms with E-state index in [0.717, 1.165) is 39.3 Å². The van der Waals surface area contributed by atoms with Gasteiger partial charge in [0, 0.05) is 22.8 Å². The van der Waals surface area contributed by atoms with Gasteiger partial charge in [0.2, 0.25) is 0 Å². The molecule has 4 rings (SSSR count). The molecule has 1 amide bonds. The molecule has 2 aliphatic rings. The lowest BCUT2D eigenvalue weighted by atomic mass is 10.0. The van der Waals surface area contributed by atoms with Crippen LogP contribution in [0.1, 0.15) is 31.8 Å². The predicted molar refractivity (Wildman–Crippen MR) is 87.5 cm³/mol. The van der Waals surface area contributed by atoms with Crippen molar-refractivity contribution >= 4 is 45.2 Å². The molecule has 4 heterocycles. The number of amides is 1. The van der Waals surface area contributed by atoms with Gasteiger partial charge >= 0.3 is 0 Å². The Balaban J connectivity index is 1.71. The van der Waals surface area contributed by atoms with Crippen molar-refractivity contribution < 1.29 is 4.79 Å². The molecule has 2 aromatic heterocycles. The fourth-order valence-electron chi connectivity index (χ4n) is 2.87. The third-order valence-corrected chi connectivity index (χ3v) is 6.35. The minimum absolute atomic E-state index is 0.0281. The van der Waals surface area contributed by atoms with E-state index in [0.29, 0.717) is 0 Å². The van der Waals surface area contributed by atoms with E-state index in [1.54, 1.807) is 11.3 Å². The second kappa shape index (κ2) is 4.98. The minimum atomic E-state index is -0.180. The summed E-state index contributed by atoms with van der Waals surface area (Å²) in [5.41, 5.74) is 2.07. The van der Waals surface area contributed by atoms with Crippen molar-refractivity contribution in [3.05, 3.63) is 37.4 Å². The Labute approximate surface area is 135 Å². The average molecular weight is 340 g/mol. The number of carbonyl (C=O) groups excluding carboxylic acids is 1. The molecule has 7 heteroatoms. The lowest BCUT2D eigenvalue weighted by Gasteiger charge is -2.26. The van der Waals surface area contributed by atoms with Crippen molar-refractivity contribution in [2.45, 2.75) is 19.1 Å². The number of carbonyl (C=O) groups is 1. The second-order valence-electron chi connectivity index (χ2n) is 5.39. The van der Waals surface area contributed by atoms with Crippen LogP contribution in [0.4, 0.5) is 5.00 Å². The number of likely N-dealkylation sites (N-methyl/N-ethyl adjacent to an activating group) is 1. The van der Waals surface area contributed by atoms with Gasteiger partial charge in [-0.15, -0.1) is 22.7 Å². The van der Waals surface area contributed by atoms with Crippen LogP contribution >= 0.6 is 34.3 Å². The maximum Gasteiger partial charge on any atom is 0.256 e. The van der Waals surface area contributed by atoms with Gasteiger partial charge in [0.15, 0.2) is 0 Å². The molecule has 0 unspecified atom stereocenters. The van der Waals surface area contributed by atoms with Gasteiger partial charge in [0.25, 0.3) is 5.91 Å². The summed E-state index contributed by atoms with van der Waals surface area (Å²) in [5.74, 6) is 0.0281. The van der Waals surface area contributed by atoms with E-state index in [4.69, 9.17) is 11.6 Å². The Morgan fingerprint density at radius 3 is 2.95 bits per heavy atom. The number of nitrogens with one attached hydrogen (secondary N) is 2. The van der Waals surface area contributed by atoms with Gasteiger partial charge in [-0.3, -0.25) is 4.79 Å². The zero-order valence-electron chi connectivity index (χ0n) is 11.4. The molecule has 0 aliphatic carbocycles. The second-order valence-corrected chi connectivity index (χ2v) is 8.24. The third kappa shape index (κ3) is 2.26. The van der Waals surface area contributed by atoms with Gasteiger partial charge in [-0.2, -0.15) is 0 Å². The number of thiophene rings is 2. The average Bonchev–Trinajstić information content (AvgIpc) is 3.01. The van der Waals surface area contributed by atoms with Crippen LogP contribution in [0.5, 0.6) is 0 Å². The van der Waals surface area contributed by atoms with E-state index in [9.17, 15) is 4.79 Å². The molecule has 0 saturated carbocycles. The maximum absolute atomic E-state index is 12.5. The van der Waals surface area contributed by atoms with Crippen molar-refractivity contribution in [1.82, 2.24) is 10.2 Å². The Hall–Kier alpha value is -1.08. The number of anilines is 1. The Bertz CT molecular complexity index is 724. The SMILES string of the molecule is CN1CCc2c(sc3c2C(=O)N[C@H](c2ccc(Cl)s2)N3)C1. The van der Waals surface area contributed by atoms with Crippen LogP contribution in [0, 0.1) is 0 Å². The molecule has 1 atom stereocenters. The van der Waals surface area contributed by atoms with Crippen LogP contribution in [0.3, 0.4) is 0 Å². The van der Waals surface area contributed by atoms with E-state index < -0.39 is 0 Å². The lowest BCUT2D eigenvalue weighted by molar-refractivity contribution is 0.0935. The van der Waals surface area contributed by atoms with Gasteiger partial charge < -0.3 is 15.5 Å². The predicted octanol–water partition coefficient (Wildman–Crippen LogP) is 3.31. The van der Waals surface area contributed by atoms with Crippen LogP contribution in [0.25, 0.3) is 0 Å². The number of rotatable bonds is 1. The van der Waals surface area contributed by atoms with Crippen molar-refractivity contribution in [3.63, 3.8) is 0 Å². The summed E-state index contributed by atoms with van der Waals surface area (Å²) >= 11 is 9.19. The fourth-order valence-corrected chi connectivity index (χ4v) is 5.29. The summed E-state index contributed by atoms with van der Waals surface area (Å²) in [7, 11) is 2.12. The highest BCUT2D eigenvalue weighted by Crippen LogP contribution is 2.41. The highest BCUT2D eigenvalue weighted by Gasteiger charge is 2.33. The van der Waals surface area contributed by atoms with Gasteiger partial charge in [0.1, 0.15) is 11.2 Å². The number of nitrogens with zero attached hydrogens (tertiary/aromatic N) is 1. The summed E-state index contributed by atoms with van der Waals surface area (Å²) in [5, 5.41) is 7.49. The Morgan fingerprint density at radius 2 is 2.19 bits per heavy atom. The van der Waals surface area contributed by atoms with E-state index in [1.807, 2.05) is 12.1 Å². The largest absolute Gasteiger partial charge is 0.352 e. The van der Waals surface area contributed by atoms with E-state index in [-0.39, 0.29) is 12.1 Å². The zero-order chi connectivity index (χ0) is 14.6.